The fraction of sp³-hybridized carbons (Fsp3) is 0.185. The molecule has 4 aromatic rings. The number of aromatic amines is 1. The third-order valence-corrected chi connectivity index (χ3v) is 7.78. The molecule has 9 heteroatoms. The molecule has 36 heavy (non-hydrogen) atoms. The second-order valence-corrected chi connectivity index (χ2v) is 10.0. The van der Waals surface area contributed by atoms with Crippen molar-refractivity contribution in [2.24, 2.45) is 0 Å². The van der Waals surface area contributed by atoms with Gasteiger partial charge in [0.15, 0.2) is 0 Å². The molecular weight excluding hydrogens is 480 g/mol. The van der Waals surface area contributed by atoms with Crippen LogP contribution < -0.4 is 10.3 Å². The van der Waals surface area contributed by atoms with Crippen molar-refractivity contribution in [3.8, 4) is 5.75 Å². The Morgan fingerprint density at radius 1 is 0.944 bits per heavy atom. The maximum Gasteiger partial charge on any atom is 0.339 e. The molecule has 0 saturated heterocycles. The number of benzene rings is 3. The summed E-state index contributed by atoms with van der Waals surface area (Å²) in [5.41, 5.74) is 1.33. The Hall–Kier alpha value is -3.95. The Morgan fingerprint density at radius 2 is 1.67 bits per heavy atom. The van der Waals surface area contributed by atoms with E-state index in [4.69, 9.17) is 9.47 Å². The minimum atomic E-state index is -4.18. The van der Waals surface area contributed by atoms with Gasteiger partial charge in [-0.25, -0.2) is 13.2 Å². The Balaban J connectivity index is 1.76. The lowest BCUT2D eigenvalue weighted by Crippen LogP contribution is -2.35. The first-order chi connectivity index (χ1) is 17.3. The molecule has 0 unspecified atom stereocenters. The topological polar surface area (TPSA) is 106 Å². The fourth-order valence-corrected chi connectivity index (χ4v) is 5.55. The molecule has 186 valence electrons. The monoisotopic (exact) mass is 506 g/mol. The van der Waals surface area contributed by atoms with Crippen LogP contribution in [-0.4, -0.2) is 44.4 Å². The number of pyridine rings is 1. The first kappa shape index (κ1) is 25.2. The molecule has 4 rings (SSSR count). The van der Waals surface area contributed by atoms with Gasteiger partial charge in [0.1, 0.15) is 5.75 Å². The molecule has 1 heterocycles. The lowest BCUT2D eigenvalue weighted by atomic mass is 10.1. The maximum atomic E-state index is 13.8. The van der Waals surface area contributed by atoms with Crippen molar-refractivity contribution in [1.29, 1.82) is 0 Å². The summed E-state index contributed by atoms with van der Waals surface area (Å²) >= 11 is 0. The van der Waals surface area contributed by atoms with E-state index in [0.717, 1.165) is 10.9 Å². The molecule has 0 aliphatic rings. The van der Waals surface area contributed by atoms with E-state index in [1.54, 1.807) is 36.4 Å². The van der Waals surface area contributed by atoms with E-state index in [1.165, 1.54) is 30.7 Å². The summed E-state index contributed by atoms with van der Waals surface area (Å²) in [6.07, 6.45) is 0.420. The maximum absolute atomic E-state index is 13.8. The number of sulfonamides is 1. The van der Waals surface area contributed by atoms with Crippen LogP contribution in [0.3, 0.4) is 0 Å². The molecule has 0 aliphatic carbocycles. The van der Waals surface area contributed by atoms with E-state index >= 15 is 0 Å². The third-order valence-electron chi connectivity index (χ3n) is 5.88. The Kier molecular flexibility index (Phi) is 7.52. The molecule has 0 fully saturated rings. The van der Waals surface area contributed by atoms with Crippen molar-refractivity contribution in [2.75, 3.05) is 20.8 Å². The van der Waals surface area contributed by atoms with E-state index in [-0.39, 0.29) is 29.1 Å². The van der Waals surface area contributed by atoms with Gasteiger partial charge >= 0.3 is 5.97 Å². The zero-order valence-corrected chi connectivity index (χ0v) is 20.7. The number of hydrogen-bond donors (Lipinski definition) is 1. The summed E-state index contributed by atoms with van der Waals surface area (Å²) in [6, 6.07) is 22.3. The number of carbonyl (C=O) groups is 1. The summed E-state index contributed by atoms with van der Waals surface area (Å²) in [5, 5.41) is 0.737. The number of H-pyrrole nitrogens is 1. The molecule has 1 aromatic heterocycles. The van der Waals surface area contributed by atoms with Gasteiger partial charge in [-0.15, -0.1) is 0 Å². The minimum absolute atomic E-state index is 0.0655. The smallest absolute Gasteiger partial charge is 0.339 e. The lowest BCUT2D eigenvalue weighted by molar-refractivity contribution is 0.0596. The number of ether oxygens (including phenoxy) is 2. The Labute approximate surface area is 209 Å². The van der Waals surface area contributed by atoms with Gasteiger partial charge in [0, 0.05) is 24.7 Å². The summed E-state index contributed by atoms with van der Waals surface area (Å²) in [4.78, 5) is 27.9. The summed E-state index contributed by atoms with van der Waals surface area (Å²) < 4.78 is 38.9. The van der Waals surface area contributed by atoms with Crippen molar-refractivity contribution in [2.45, 2.75) is 17.9 Å². The van der Waals surface area contributed by atoms with Crippen molar-refractivity contribution in [1.82, 2.24) is 9.29 Å². The zero-order valence-electron chi connectivity index (χ0n) is 19.9. The molecule has 0 atom stereocenters. The summed E-state index contributed by atoms with van der Waals surface area (Å²) in [6.45, 7) is -0.0794. The highest BCUT2D eigenvalue weighted by atomic mass is 32.2. The normalized spacial score (nSPS) is 11.5. The van der Waals surface area contributed by atoms with E-state index < -0.39 is 21.6 Å². The van der Waals surface area contributed by atoms with Crippen LogP contribution in [0.1, 0.15) is 21.5 Å². The molecular formula is C27H26N2O6S. The quantitative estimate of drug-likeness (QED) is 0.347. The van der Waals surface area contributed by atoms with Gasteiger partial charge in [-0.1, -0.05) is 42.5 Å². The highest BCUT2D eigenvalue weighted by Crippen LogP contribution is 2.24. The van der Waals surface area contributed by atoms with Crippen LogP contribution in [0.2, 0.25) is 0 Å². The van der Waals surface area contributed by atoms with Crippen LogP contribution in [-0.2, 0) is 27.7 Å². The van der Waals surface area contributed by atoms with E-state index in [2.05, 4.69) is 4.98 Å². The van der Waals surface area contributed by atoms with E-state index in [1.807, 2.05) is 30.3 Å². The Bertz CT molecular complexity index is 1550. The van der Waals surface area contributed by atoms with Crippen LogP contribution >= 0.6 is 0 Å². The average molecular weight is 507 g/mol. The number of methoxy groups -OCH3 is 2. The summed E-state index contributed by atoms with van der Waals surface area (Å²) in [7, 11) is -1.44. The molecule has 0 saturated carbocycles. The number of esters is 1. The number of nitrogens with one attached hydrogen (secondary N) is 1. The molecule has 0 radical (unpaired) electrons. The van der Waals surface area contributed by atoms with Gasteiger partial charge in [-0.05, 0) is 47.7 Å². The second kappa shape index (κ2) is 10.8. The highest BCUT2D eigenvalue weighted by molar-refractivity contribution is 7.89. The first-order valence-electron chi connectivity index (χ1n) is 11.2. The van der Waals surface area contributed by atoms with Gasteiger partial charge < -0.3 is 14.5 Å². The highest BCUT2D eigenvalue weighted by Gasteiger charge is 2.30. The molecule has 8 nitrogen and oxygen atoms in total. The molecule has 0 bridgehead atoms. The van der Waals surface area contributed by atoms with Crippen molar-refractivity contribution >= 4 is 26.9 Å². The van der Waals surface area contributed by atoms with Crippen molar-refractivity contribution in [3.05, 3.63) is 106 Å². The van der Waals surface area contributed by atoms with Gasteiger partial charge in [-0.3, -0.25) is 4.79 Å². The van der Waals surface area contributed by atoms with Crippen molar-refractivity contribution < 1.29 is 22.7 Å². The predicted molar refractivity (Wildman–Crippen MR) is 137 cm³/mol. The Morgan fingerprint density at radius 3 is 2.39 bits per heavy atom. The second-order valence-electron chi connectivity index (χ2n) is 8.14. The van der Waals surface area contributed by atoms with E-state index in [0.29, 0.717) is 17.7 Å². The molecule has 0 spiro atoms. The molecule has 3 aromatic carbocycles. The van der Waals surface area contributed by atoms with Crippen LogP contribution in [0, 0.1) is 0 Å². The summed E-state index contributed by atoms with van der Waals surface area (Å²) in [5.74, 6) is -0.160. The largest absolute Gasteiger partial charge is 0.497 e. The van der Waals surface area contributed by atoms with Crippen LogP contribution in [0.15, 0.2) is 88.6 Å². The van der Waals surface area contributed by atoms with Gasteiger partial charge in [0.2, 0.25) is 10.0 Å². The zero-order chi connectivity index (χ0) is 25.7. The lowest BCUT2D eigenvalue weighted by Gasteiger charge is -2.23. The van der Waals surface area contributed by atoms with Crippen LogP contribution in [0.5, 0.6) is 5.75 Å². The predicted octanol–water partition coefficient (Wildman–Crippen LogP) is 3.76. The number of fused-ring (bicyclic) bond motifs is 1. The minimum Gasteiger partial charge on any atom is -0.497 e. The van der Waals surface area contributed by atoms with Gasteiger partial charge in [-0.2, -0.15) is 4.31 Å². The third kappa shape index (κ3) is 5.32. The average Bonchev–Trinajstić information content (AvgIpc) is 2.90. The standard InChI is InChI=1S/C27H26N2O6S/c1-34-22-13-12-20-16-21(26(30)28-24(20)17-22)18-29(15-14-19-8-4-3-5-9-19)36(32,33)25-11-7-6-10-23(25)27(31)35-2/h3-13,16-17H,14-15,18H2,1-2H3,(H,28,30). The number of carbonyl (C=O) groups excluding carboxylic acids is 1. The first-order valence-corrected chi connectivity index (χ1v) is 12.7. The number of hydrogen-bond acceptors (Lipinski definition) is 6. The van der Waals surface area contributed by atoms with E-state index in [9.17, 15) is 18.0 Å². The fourth-order valence-electron chi connectivity index (χ4n) is 3.95. The molecule has 1 N–H and O–H groups in total. The molecule has 0 amide bonds. The number of nitrogens with zero attached hydrogens (tertiary/aromatic N) is 1. The van der Waals surface area contributed by atoms with Crippen molar-refractivity contribution in [3.63, 3.8) is 0 Å². The number of aromatic nitrogens is 1. The molecule has 0 aliphatic heterocycles. The van der Waals surface area contributed by atoms with Gasteiger partial charge in [0.05, 0.1) is 30.2 Å². The van der Waals surface area contributed by atoms with Crippen LogP contribution in [0.25, 0.3) is 10.9 Å². The van der Waals surface area contributed by atoms with Crippen LogP contribution in [0.4, 0.5) is 0 Å². The van der Waals surface area contributed by atoms with Gasteiger partial charge in [0.25, 0.3) is 5.56 Å². The SMILES string of the molecule is COC(=O)c1ccccc1S(=O)(=O)N(CCc1ccccc1)Cc1cc2ccc(OC)cc2[nH]c1=O. The number of rotatable bonds is 9.